The molecule has 2 aliphatic heterocycles. The molecule has 336 valence electrons. The van der Waals surface area contributed by atoms with E-state index in [1.165, 1.54) is 141 Å². The first-order chi connectivity index (χ1) is 34.5. The normalized spacial score (nSPS) is 15.4. The molecule has 11 aromatic carbocycles. The Morgan fingerprint density at radius 1 is 0.300 bits per heavy atom. The van der Waals surface area contributed by atoms with E-state index in [1.807, 2.05) is 23.5 Å². The van der Waals surface area contributed by atoms with Crippen molar-refractivity contribution in [3.05, 3.63) is 204 Å². The summed E-state index contributed by atoms with van der Waals surface area (Å²) >= 11 is 3.83. The Hall–Kier alpha value is -6.98. The second kappa shape index (κ2) is 14.8. The molecule has 0 radical (unpaired) electrons. The van der Waals surface area contributed by atoms with Crippen molar-refractivity contribution in [1.29, 1.82) is 0 Å². The van der Waals surface area contributed by atoms with Gasteiger partial charge in [-0.3, -0.25) is 0 Å². The molecule has 0 atom stereocenters. The van der Waals surface area contributed by atoms with Crippen molar-refractivity contribution in [3.8, 4) is 22.3 Å². The van der Waals surface area contributed by atoms with Crippen LogP contribution in [0, 0.1) is 0 Å². The monoisotopic (exact) mass is 934 g/mol. The number of anilines is 6. The number of benzene rings is 11. The van der Waals surface area contributed by atoms with E-state index in [2.05, 4.69) is 219 Å². The van der Waals surface area contributed by atoms with E-state index < -0.39 is 0 Å². The number of fused-ring (bicyclic) bond motifs is 12. The molecule has 2 heterocycles. The largest absolute Gasteiger partial charge is 0.308 e. The summed E-state index contributed by atoms with van der Waals surface area (Å²) in [5.41, 5.74) is 18.9. The zero-order valence-corrected chi connectivity index (χ0v) is 41.5. The highest BCUT2D eigenvalue weighted by molar-refractivity contribution is 8.00. The molecule has 0 unspecified atom stereocenters. The number of nitrogens with zero attached hydrogens (tertiary/aromatic N) is 2. The fourth-order valence-electron chi connectivity index (χ4n) is 14.0. The van der Waals surface area contributed by atoms with Crippen LogP contribution in [0.4, 0.5) is 34.1 Å². The van der Waals surface area contributed by atoms with Crippen LogP contribution >= 0.6 is 23.5 Å². The Morgan fingerprint density at radius 2 is 0.686 bits per heavy atom. The average Bonchev–Trinajstić information content (AvgIpc) is 3.85. The third kappa shape index (κ3) is 5.13. The second-order valence-corrected chi connectivity index (χ2v) is 22.1. The topological polar surface area (TPSA) is 6.48 Å². The molecule has 0 saturated heterocycles. The van der Waals surface area contributed by atoms with E-state index in [9.17, 15) is 0 Å². The molecule has 0 saturated carbocycles. The summed E-state index contributed by atoms with van der Waals surface area (Å²) in [6.45, 7) is 9.50. The van der Waals surface area contributed by atoms with Crippen LogP contribution in [0.3, 0.4) is 0 Å². The van der Waals surface area contributed by atoms with Gasteiger partial charge in [0.2, 0.25) is 0 Å². The molecule has 0 fully saturated rings. The van der Waals surface area contributed by atoms with Gasteiger partial charge in [-0.1, -0.05) is 173 Å². The van der Waals surface area contributed by atoms with Crippen molar-refractivity contribution in [1.82, 2.24) is 0 Å². The van der Waals surface area contributed by atoms with Crippen LogP contribution < -0.4 is 9.80 Å². The van der Waals surface area contributed by atoms with Crippen LogP contribution in [0.1, 0.15) is 75.6 Å². The predicted octanol–water partition coefficient (Wildman–Crippen LogP) is 19.8. The fourth-order valence-corrected chi connectivity index (χ4v) is 16.2. The van der Waals surface area contributed by atoms with Crippen molar-refractivity contribution in [2.75, 3.05) is 9.80 Å². The number of rotatable bonds is 6. The Bertz CT molecular complexity index is 3760. The minimum atomic E-state index is -0.0197. The lowest BCUT2D eigenvalue weighted by Gasteiger charge is -2.36. The molecule has 4 aliphatic rings. The van der Waals surface area contributed by atoms with Gasteiger partial charge >= 0.3 is 0 Å². The van der Waals surface area contributed by atoms with Crippen LogP contribution in [-0.2, 0) is 10.8 Å². The Balaban J connectivity index is 0.948. The maximum absolute atomic E-state index is 2.59. The highest BCUT2D eigenvalue weighted by atomic mass is 32.2. The summed E-state index contributed by atoms with van der Waals surface area (Å²) in [5, 5.41) is 10.4. The van der Waals surface area contributed by atoms with E-state index in [-0.39, 0.29) is 10.8 Å². The van der Waals surface area contributed by atoms with Crippen LogP contribution in [0.2, 0.25) is 0 Å². The summed E-state index contributed by atoms with van der Waals surface area (Å²) in [4.78, 5) is 10.4. The first-order valence-electron chi connectivity index (χ1n) is 25.3. The molecule has 11 aromatic rings. The van der Waals surface area contributed by atoms with Gasteiger partial charge in [-0.05, 0) is 163 Å². The van der Waals surface area contributed by atoms with Gasteiger partial charge in [0.05, 0.1) is 34.1 Å². The zero-order valence-electron chi connectivity index (χ0n) is 39.9. The van der Waals surface area contributed by atoms with Gasteiger partial charge in [0.15, 0.2) is 0 Å². The quantitative estimate of drug-likeness (QED) is 0.121. The fraction of sp³-hybridized carbons (Fsp3) is 0.152. The van der Waals surface area contributed by atoms with Crippen LogP contribution in [0.25, 0.3) is 65.3 Å². The predicted molar refractivity (Wildman–Crippen MR) is 299 cm³/mol. The molecular weight excluding hydrogens is 885 g/mol. The molecule has 70 heavy (non-hydrogen) atoms. The van der Waals surface area contributed by atoms with Crippen molar-refractivity contribution >= 4 is 101 Å². The lowest BCUT2D eigenvalue weighted by atomic mass is 9.74. The highest BCUT2D eigenvalue weighted by Crippen LogP contribution is 2.62. The number of para-hydroxylation sites is 2. The summed E-state index contributed by atoms with van der Waals surface area (Å²) in [6.07, 6.45) is 4.26. The minimum absolute atomic E-state index is 0.0197. The van der Waals surface area contributed by atoms with Gasteiger partial charge in [-0.25, -0.2) is 0 Å². The lowest BCUT2D eigenvalue weighted by Crippen LogP contribution is -2.24. The van der Waals surface area contributed by atoms with E-state index in [0.29, 0.717) is 0 Å². The SMILES string of the molecule is CCC1(CC)c2ccccc2-c2cc3c(cc21)N(c1ccc2c4cccc5c(N6c7ccccc7Sc7cc8c(cc76)C(CC)(CC)c6ccccc6-8)ccc(c6cccc1c62)c54)c1ccccc1S3. The van der Waals surface area contributed by atoms with Gasteiger partial charge in [-0.2, -0.15) is 0 Å². The smallest absolute Gasteiger partial charge is 0.0605 e. The minimum Gasteiger partial charge on any atom is -0.308 e. The maximum atomic E-state index is 2.59. The van der Waals surface area contributed by atoms with Crippen LogP contribution in [-0.4, -0.2) is 0 Å². The summed E-state index contributed by atoms with van der Waals surface area (Å²) in [5.74, 6) is 0. The molecule has 4 heteroatoms. The molecule has 0 N–H and O–H groups in total. The standard InChI is InChI=1S/C66H50N2S2/c1-5-65(6-2)49-25-11-9-19-39(49)47-35-61-57(37-51(47)65)67(55-27-13-15-29-59(55)69-61)53-33-31-43-42-22-18-24-46-54(34-32-44(64(42)46)41-21-17-23-45(53)63(41)43)68-56-28-14-16-30-60(56)70-62-36-48-40-20-10-12-26-50(40)66(7-3,8-4)52(48)38-58(62)68/h9-38H,5-8H2,1-4H3. The van der Waals surface area contributed by atoms with Gasteiger partial charge in [0.25, 0.3) is 0 Å². The van der Waals surface area contributed by atoms with Gasteiger partial charge in [0.1, 0.15) is 0 Å². The van der Waals surface area contributed by atoms with E-state index >= 15 is 0 Å². The lowest BCUT2D eigenvalue weighted by molar-refractivity contribution is 0.490. The van der Waals surface area contributed by atoms with Crippen LogP contribution in [0.15, 0.2) is 202 Å². The molecule has 0 spiro atoms. The van der Waals surface area contributed by atoms with Crippen molar-refractivity contribution in [2.24, 2.45) is 0 Å². The maximum Gasteiger partial charge on any atom is 0.0605 e. The molecule has 0 aromatic heterocycles. The van der Waals surface area contributed by atoms with Crippen LogP contribution in [0.5, 0.6) is 0 Å². The Morgan fingerprint density at radius 3 is 1.13 bits per heavy atom. The second-order valence-electron chi connectivity index (χ2n) is 19.9. The summed E-state index contributed by atoms with van der Waals surface area (Å²) in [7, 11) is 0. The van der Waals surface area contributed by atoms with Gasteiger partial charge in [0, 0.05) is 41.2 Å². The summed E-state index contributed by atoms with van der Waals surface area (Å²) < 4.78 is 0. The number of hydrogen-bond acceptors (Lipinski definition) is 4. The van der Waals surface area contributed by atoms with Gasteiger partial charge < -0.3 is 9.80 Å². The van der Waals surface area contributed by atoms with Crippen molar-refractivity contribution in [2.45, 2.75) is 83.8 Å². The zero-order chi connectivity index (χ0) is 46.6. The third-order valence-corrected chi connectivity index (χ3v) is 19.6. The molecule has 2 aliphatic carbocycles. The van der Waals surface area contributed by atoms with E-state index in [1.54, 1.807) is 0 Å². The third-order valence-electron chi connectivity index (χ3n) is 17.3. The first-order valence-corrected chi connectivity index (χ1v) is 27.0. The molecule has 0 amide bonds. The van der Waals surface area contributed by atoms with Gasteiger partial charge in [-0.15, -0.1) is 0 Å². The first kappa shape index (κ1) is 40.9. The molecule has 0 bridgehead atoms. The molecular formula is C66H50N2S2. The molecule has 2 nitrogen and oxygen atoms in total. The Kier molecular flexibility index (Phi) is 8.62. The average molecular weight is 935 g/mol. The highest BCUT2D eigenvalue weighted by Gasteiger charge is 2.44. The van der Waals surface area contributed by atoms with E-state index in [0.717, 1.165) is 25.7 Å². The molecule has 15 rings (SSSR count). The summed E-state index contributed by atoms with van der Waals surface area (Å²) in [6, 6.07) is 70.3. The van der Waals surface area contributed by atoms with Crippen molar-refractivity contribution in [3.63, 3.8) is 0 Å². The Labute approximate surface area is 418 Å². The van der Waals surface area contributed by atoms with E-state index in [4.69, 9.17) is 0 Å². The van der Waals surface area contributed by atoms with Crippen molar-refractivity contribution < 1.29 is 0 Å². The number of hydrogen-bond donors (Lipinski definition) is 0.